The molecule has 1 saturated heterocycles. The van der Waals surface area contributed by atoms with Crippen LogP contribution in [0.5, 0.6) is 0 Å². The summed E-state index contributed by atoms with van der Waals surface area (Å²) in [5.41, 5.74) is 0. The van der Waals surface area contributed by atoms with Crippen LogP contribution in [0.25, 0.3) is 0 Å². The second kappa shape index (κ2) is 3.75. The van der Waals surface area contributed by atoms with Crippen molar-refractivity contribution in [3.05, 3.63) is 0 Å². The molecule has 12 heavy (non-hydrogen) atoms. The third-order valence-corrected chi connectivity index (χ3v) is 3.13. The summed E-state index contributed by atoms with van der Waals surface area (Å²) in [7, 11) is 0. The molecule has 1 saturated carbocycles. The summed E-state index contributed by atoms with van der Waals surface area (Å²) in [6.45, 7) is 1.10. The zero-order valence-corrected chi connectivity index (χ0v) is 7.63. The van der Waals surface area contributed by atoms with E-state index in [-0.39, 0.29) is 6.10 Å². The minimum Gasteiger partial charge on any atom is -0.392 e. The molecule has 1 heterocycles. The molecule has 2 atom stereocenters. The Hall–Kier alpha value is -0.0800. The molecule has 2 heteroatoms. The van der Waals surface area contributed by atoms with Gasteiger partial charge in [-0.15, -0.1) is 0 Å². The second-order valence-corrected chi connectivity index (χ2v) is 4.29. The van der Waals surface area contributed by atoms with Crippen LogP contribution in [0.4, 0.5) is 0 Å². The van der Waals surface area contributed by atoms with Gasteiger partial charge in [-0.1, -0.05) is 12.8 Å². The number of rotatable bonds is 4. The van der Waals surface area contributed by atoms with Gasteiger partial charge in [0.15, 0.2) is 0 Å². The molecule has 1 aliphatic carbocycles. The van der Waals surface area contributed by atoms with Crippen molar-refractivity contribution < 1.29 is 5.11 Å². The first-order valence-electron chi connectivity index (χ1n) is 5.28. The van der Waals surface area contributed by atoms with E-state index in [1.54, 1.807) is 0 Å². The van der Waals surface area contributed by atoms with E-state index < -0.39 is 0 Å². The predicted molar refractivity (Wildman–Crippen MR) is 49.0 cm³/mol. The van der Waals surface area contributed by atoms with E-state index >= 15 is 0 Å². The summed E-state index contributed by atoms with van der Waals surface area (Å²) < 4.78 is 0. The quantitative estimate of drug-likeness (QED) is 0.664. The van der Waals surface area contributed by atoms with Crippen LogP contribution in [0.1, 0.15) is 38.5 Å². The molecule has 2 aliphatic rings. The van der Waals surface area contributed by atoms with Gasteiger partial charge in [0.1, 0.15) is 0 Å². The predicted octanol–water partition coefficient (Wildman–Crippen LogP) is 1.29. The molecule has 2 nitrogen and oxygen atoms in total. The lowest BCUT2D eigenvalue weighted by atomic mass is 10.0. The van der Waals surface area contributed by atoms with Crippen LogP contribution < -0.4 is 5.32 Å². The fourth-order valence-corrected chi connectivity index (χ4v) is 2.05. The molecule has 0 bridgehead atoms. The van der Waals surface area contributed by atoms with Crippen molar-refractivity contribution in [1.29, 1.82) is 0 Å². The zero-order valence-electron chi connectivity index (χ0n) is 7.63. The Morgan fingerprint density at radius 3 is 2.75 bits per heavy atom. The van der Waals surface area contributed by atoms with E-state index in [9.17, 15) is 5.11 Å². The van der Waals surface area contributed by atoms with Crippen LogP contribution >= 0.6 is 0 Å². The zero-order chi connectivity index (χ0) is 8.39. The molecular formula is C10H19NO. The average Bonchev–Trinajstić information content (AvgIpc) is 2.74. The monoisotopic (exact) mass is 169 g/mol. The lowest BCUT2D eigenvalue weighted by Gasteiger charge is -2.17. The highest BCUT2D eigenvalue weighted by Crippen LogP contribution is 2.34. The van der Waals surface area contributed by atoms with Gasteiger partial charge in [0.05, 0.1) is 6.10 Å². The normalized spacial score (nSPS) is 32.2. The summed E-state index contributed by atoms with van der Waals surface area (Å²) in [6.07, 6.45) is 7.42. The van der Waals surface area contributed by atoms with Crippen LogP contribution in [-0.2, 0) is 0 Å². The van der Waals surface area contributed by atoms with Crippen LogP contribution in [0.3, 0.4) is 0 Å². The van der Waals surface area contributed by atoms with Gasteiger partial charge in [0.25, 0.3) is 0 Å². The molecule has 70 valence electrons. The Labute approximate surface area is 74.4 Å². The first-order valence-corrected chi connectivity index (χ1v) is 5.28. The molecule has 0 amide bonds. The number of hydrogen-bond donors (Lipinski definition) is 2. The van der Waals surface area contributed by atoms with Crippen LogP contribution in [-0.4, -0.2) is 23.8 Å². The molecule has 0 aromatic heterocycles. The number of nitrogens with one attached hydrogen (secondary N) is 1. The van der Waals surface area contributed by atoms with Crippen molar-refractivity contribution in [2.75, 3.05) is 6.54 Å². The van der Waals surface area contributed by atoms with Crippen LogP contribution in [0.15, 0.2) is 0 Å². The van der Waals surface area contributed by atoms with Gasteiger partial charge < -0.3 is 10.4 Å². The third kappa shape index (κ3) is 2.20. The van der Waals surface area contributed by atoms with E-state index in [0.717, 1.165) is 18.9 Å². The highest BCUT2D eigenvalue weighted by molar-refractivity contribution is 4.83. The van der Waals surface area contributed by atoms with E-state index in [1.165, 1.54) is 32.1 Å². The Morgan fingerprint density at radius 2 is 2.17 bits per heavy atom. The second-order valence-electron chi connectivity index (χ2n) is 4.29. The maximum atomic E-state index is 9.76. The molecule has 0 spiro atoms. The Morgan fingerprint density at radius 1 is 1.33 bits per heavy atom. The lowest BCUT2D eigenvalue weighted by molar-refractivity contribution is 0.122. The van der Waals surface area contributed by atoms with E-state index in [1.807, 2.05) is 0 Å². The first-order chi connectivity index (χ1) is 5.86. The van der Waals surface area contributed by atoms with Crippen molar-refractivity contribution in [3.63, 3.8) is 0 Å². The Balaban J connectivity index is 1.64. The third-order valence-electron chi connectivity index (χ3n) is 3.13. The first kappa shape index (κ1) is 8.52. The summed E-state index contributed by atoms with van der Waals surface area (Å²) in [5, 5.41) is 13.1. The van der Waals surface area contributed by atoms with Crippen molar-refractivity contribution in [2.24, 2.45) is 5.92 Å². The molecule has 0 aromatic rings. The Bertz CT molecular complexity index is 139. The summed E-state index contributed by atoms with van der Waals surface area (Å²) in [4.78, 5) is 0. The molecule has 0 aromatic carbocycles. The maximum absolute atomic E-state index is 9.76. The molecular weight excluding hydrogens is 150 g/mol. The number of aliphatic hydroxyl groups excluding tert-OH is 1. The summed E-state index contributed by atoms with van der Waals surface area (Å²) >= 11 is 0. The lowest BCUT2D eigenvalue weighted by Crippen LogP contribution is -2.34. The van der Waals surface area contributed by atoms with Gasteiger partial charge in [-0.2, -0.15) is 0 Å². The standard InChI is InChI=1S/C10H19NO/c12-10(6-5-8-3-4-8)9-2-1-7-11-9/h8-12H,1-7H2. The van der Waals surface area contributed by atoms with Gasteiger partial charge in [-0.25, -0.2) is 0 Å². The highest BCUT2D eigenvalue weighted by Gasteiger charge is 2.26. The number of aliphatic hydroxyl groups is 1. The van der Waals surface area contributed by atoms with E-state index in [0.29, 0.717) is 6.04 Å². The minimum absolute atomic E-state index is 0.0758. The molecule has 0 radical (unpaired) electrons. The van der Waals surface area contributed by atoms with Crippen molar-refractivity contribution in [2.45, 2.75) is 50.7 Å². The van der Waals surface area contributed by atoms with Gasteiger partial charge in [-0.05, 0) is 38.1 Å². The smallest absolute Gasteiger partial charge is 0.0693 e. The fourth-order valence-electron chi connectivity index (χ4n) is 2.05. The summed E-state index contributed by atoms with van der Waals surface area (Å²) in [5.74, 6) is 0.959. The van der Waals surface area contributed by atoms with Crippen LogP contribution in [0.2, 0.25) is 0 Å². The SMILES string of the molecule is OC(CCC1CC1)C1CCCN1. The van der Waals surface area contributed by atoms with Gasteiger partial charge in [0.2, 0.25) is 0 Å². The largest absolute Gasteiger partial charge is 0.392 e. The molecule has 2 N–H and O–H groups in total. The fraction of sp³-hybridized carbons (Fsp3) is 1.00. The molecule has 2 fully saturated rings. The number of hydrogen-bond acceptors (Lipinski definition) is 2. The average molecular weight is 169 g/mol. The van der Waals surface area contributed by atoms with Crippen molar-refractivity contribution >= 4 is 0 Å². The van der Waals surface area contributed by atoms with Gasteiger partial charge in [-0.3, -0.25) is 0 Å². The van der Waals surface area contributed by atoms with Crippen LogP contribution in [0, 0.1) is 5.92 Å². The summed E-state index contributed by atoms with van der Waals surface area (Å²) in [6, 6.07) is 0.406. The van der Waals surface area contributed by atoms with Crippen molar-refractivity contribution in [3.8, 4) is 0 Å². The van der Waals surface area contributed by atoms with Gasteiger partial charge in [0, 0.05) is 6.04 Å². The van der Waals surface area contributed by atoms with E-state index in [2.05, 4.69) is 5.32 Å². The highest BCUT2D eigenvalue weighted by atomic mass is 16.3. The Kier molecular flexibility index (Phi) is 2.66. The molecule has 2 rings (SSSR count). The molecule has 2 unspecified atom stereocenters. The maximum Gasteiger partial charge on any atom is 0.0693 e. The topological polar surface area (TPSA) is 32.3 Å². The minimum atomic E-state index is -0.0758. The van der Waals surface area contributed by atoms with E-state index in [4.69, 9.17) is 0 Å². The van der Waals surface area contributed by atoms with Gasteiger partial charge >= 0.3 is 0 Å². The molecule has 1 aliphatic heterocycles. The van der Waals surface area contributed by atoms with Crippen molar-refractivity contribution in [1.82, 2.24) is 5.32 Å².